The summed E-state index contributed by atoms with van der Waals surface area (Å²) in [6, 6.07) is 18.2. The second kappa shape index (κ2) is 9.24. The van der Waals surface area contributed by atoms with Gasteiger partial charge in [0.05, 0.1) is 5.92 Å². The molecule has 28 heavy (non-hydrogen) atoms. The van der Waals surface area contributed by atoms with Gasteiger partial charge in [0.25, 0.3) is 0 Å². The maximum absolute atomic E-state index is 12.9. The highest BCUT2D eigenvalue weighted by Gasteiger charge is 2.34. The molecule has 1 saturated heterocycles. The fourth-order valence-corrected chi connectivity index (χ4v) is 3.60. The summed E-state index contributed by atoms with van der Waals surface area (Å²) in [5.41, 5.74) is 1.77. The number of nitrogens with one attached hydrogen (secondary N) is 1. The summed E-state index contributed by atoms with van der Waals surface area (Å²) in [5, 5.41) is 3.37. The topological polar surface area (TPSA) is 47.6 Å². The van der Waals surface area contributed by atoms with Crippen LogP contribution in [0.2, 0.25) is 0 Å². The molecule has 1 fully saturated rings. The third kappa shape index (κ3) is 6.10. The van der Waals surface area contributed by atoms with Gasteiger partial charge in [-0.25, -0.2) is 0 Å². The molecule has 1 N–H and O–H groups in total. The van der Waals surface area contributed by atoms with Gasteiger partial charge in [0.15, 0.2) is 0 Å². The summed E-state index contributed by atoms with van der Waals surface area (Å²) in [7, 11) is 0. The predicted octanol–water partition coefficient (Wildman–Crippen LogP) is 4.38. The minimum atomic E-state index is -0.470. The van der Waals surface area contributed by atoms with Crippen molar-refractivity contribution in [2.24, 2.45) is 11.8 Å². The van der Waals surface area contributed by atoms with Crippen LogP contribution in [-0.4, -0.2) is 24.7 Å². The third-order valence-corrected chi connectivity index (χ3v) is 4.98. The van der Waals surface area contributed by atoms with Crippen molar-refractivity contribution >= 4 is 5.97 Å². The van der Waals surface area contributed by atoms with Crippen molar-refractivity contribution in [1.82, 2.24) is 5.32 Å². The van der Waals surface area contributed by atoms with Crippen LogP contribution in [0.1, 0.15) is 38.3 Å². The Morgan fingerprint density at radius 3 is 2.54 bits per heavy atom. The molecule has 0 aromatic heterocycles. The van der Waals surface area contributed by atoms with Crippen molar-refractivity contribution in [2.45, 2.75) is 45.8 Å². The number of carbonyl (C=O) groups is 1. The number of hydrogen-bond donors (Lipinski definition) is 1. The van der Waals surface area contributed by atoms with E-state index in [1.165, 1.54) is 0 Å². The van der Waals surface area contributed by atoms with E-state index in [0.717, 1.165) is 36.4 Å². The molecule has 0 spiro atoms. The quantitative estimate of drug-likeness (QED) is 0.723. The molecule has 0 bridgehead atoms. The lowest BCUT2D eigenvalue weighted by atomic mass is 9.86. The van der Waals surface area contributed by atoms with Gasteiger partial charge in [-0.15, -0.1) is 0 Å². The Hall–Kier alpha value is -2.33. The Balaban J connectivity index is 1.68. The van der Waals surface area contributed by atoms with Crippen LogP contribution in [0.25, 0.3) is 0 Å². The van der Waals surface area contributed by atoms with Crippen LogP contribution in [0.4, 0.5) is 0 Å². The molecular formula is C24H31NO3. The van der Waals surface area contributed by atoms with Crippen molar-refractivity contribution in [3.63, 3.8) is 0 Å². The van der Waals surface area contributed by atoms with Gasteiger partial charge in [-0.2, -0.15) is 0 Å². The lowest BCUT2D eigenvalue weighted by molar-refractivity contribution is -0.161. The summed E-state index contributed by atoms with van der Waals surface area (Å²) in [5.74, 6) is 0.896. The minimum absolute atomic E-state index is 0.100. The zero-order valence-electron chi connectivity index (χ0n) is 17.1. The van der Waals surface area contributed by atoms with Gasteiger partial charge in [-0.05, 0) is 75.9 Å². The highest BCUT2D eigenvalue weighted by atomic mass is 16.6. The van der Waals surface area contributed by atoms with E-state index in [9.17, 15) is 4.79 Å². The van der Waals surface area contributed by atoms with Gasteiger partial charge in [0, 0.05) is 0 Å². The first-order chi connectivity index (χ1) is 13.4. The van der Waals surface area contributed by atoms with E-state index >= 15 is 0 Å². The molecule has 3 rings (SSSR count). The Bertz CT molecular complexity index is 761. The predicted molar refractivity (Wildman–Crippen MR) is 111 cm³/mol. The molecule has 0 radical (unpaired) electrons. The molecule has 4 nitrogen and oxygen atoms in total. The lowest BCUT2D eigenvalue weighted by Gasteiger charge is -2.27. The molecule has 2 unspecified atom stereocenters. The molecule has 1 heterocycles. The summed E-state index contributed by atoms with van der Waals surface area (Å²) in [6.07, 6.45) is 1.68. The second-order valence-electron chi connectivity index (χ2n) is 8.52. The number of hydrogen-bond acceptors (Lipinski definition) is 4. The van der Waals surface area contributed by atoms with E-state index in [4.69, 9.17) is 9.47 Å². The van der Waals surface area contributed by atoms with E-state index in [1.54, 1.807) is 0 Å². The Morgan fingerprint density at radius 2 is 1.86 bits per heavy atom. The molecule has 4 heteroatoms. The number of esters is 1. The Kier molecular flexibility index (Phi) is 6.74. The van der Waals surface area contributed by atoms with Crippen LogP contribution >= 0.6 is 0 Å². The van der Waals surface area contributed by atoms with Gasteiger partial charge < -0.3 is 14.8 Å². The molecule has 2 aromatic rings. The zero-order valence-corrected chi connectivity index (χ0v) is 17.1. The molecular weight excluding hydrogens is 350 g/mol. The fraction of sp³-hybridized carbons (Fsp3) is 0.458. The van der Waals surface area contributed by atoms with Crippen LogP contribution in [0.5, 0.6) is 5.75 Å². The molecule has 0 saturated carbocycles. The maximum Gasteiger partial charge on any atom is 0.310 e. The van der Waals surface area contributed by atoms with E-state index in [2.05, 4.69) is 23.5 Å². The largest absolute Gasteiger partial charge is 0.489 e. The van der Waals surface area contributed by atoms with E-state index in [1.807, 2.05) is 57.2 Å². The van der Waals surface area contributed by atoms with Crippen molar-refractivity contribution in [3.8, 4) is 5.75 Å². The first kappa shape index (κ1) is 20.4. The number of rotatable bonds is 7. The van der Waals surface area contributed by atoms with Gasteiger partial charge >= 0.3 is 5.97 Å². The van der Waals surface area contributed by atoms with Crippen LogP contribution in [0, 0.1) is 11.8 Å². The zero-order chi connectivity index (χ0) is 20.0. The van der Waals surface area contributed by atoms with Crippen molar-refractivity contribution in [3.05, 3.63) is 65.7 Å². The SMILES string of the molecule is CC(C)(C)OC(=O)C(Cc1cccc(OCc2ccccc2)c1)C1CCNC1. The van der Waals surface area contributed by atoms with Crippen LogP contribution in [0.15, 0.2) is 54.6 Å². The van der Waals surface area contributed by atoms with Crippen molar-refractivity contribution < 1.29 is 14.3 Å². The fourth-order valence-electron chi connectivity index (χ4n) is 3.60. The molecule has 0 aliphatic carbocycles. The first-order valence-electron chi connectivity index (χ1n) is 10.1. The molecule has 1 aliphatic rings. The first-order valence-corrected chi connectivity index (χ1v) is 10.1. The van der Waals surface area contributed by atoms with Gasteiger partial charge in [0.1, 0.15) is 18.0 Å². The van der Waals surface area contributed by atoms with Crippen molar-refractivity contribution in [2.75, 3.05) is 13.1 Å². The maximum atomic E-state index is 12.9. The van der Waals surface area contributed by atoms with Gasteiger partial charge in [-0.1, -0.05) is 42.5 Å². The standard InChI is InChI=1S/C24H31NO3/c1-24(2,3)28-23(26)22(20-12-13-25-16-20)15-19-10-7-11-21(14-19)27-17-18-8-5-4-6-9-18/h4-11,14,20,22,25H,12-13,15-17H2,1-3H3. The van der Waals surface area contributed by atoms with E-state index in [-0.39, 0.29) is 11.9 Å². The third-order valence-electron chi connectivity index (χ3n) is 4.98. The monoisotopic (exact) mass is 381 g/mol. The lowest BCUT2D eigenvalue weighted by Crippen LogP contribution is -2.34. The molecule has 150 valence electrons. The summed E-state index contributed by atoms with van der Waals surface area (Å²) < 4.78 is 11.7. The average Bonchev–Trinajstić information content (AvgIpc) is 3.18. The summed E-state index contributed by atoms with van der Waals surface area (Å²) in [6.45, 7) is 8.14. The number of ether oxygens (including phenoxy) is 2. The molecule has 2 aromatic carbocycles. The minimum Gasteiger partial charge on any atom is -0.489 e. The highest BCUT2D eigenvalue weighted by Crippen LogP contribution is 2.27. The smallest absolute Gasteiger partial charge is 0.310 e. The molecule has 0 amide bonds. The number of carbonyl (C=O) groups excluding carboxylic acids is 1. The van der Waals surface area contributed by atoms with Crippen LogP contribution < -0.4 is 10.1 Å². The Morgan fingerprint density at radius 1 is 1.11 bits per heavy atom. The molecule has 1 aliphatic heterocycles. The average molecular weight is 382 g/mol. The summed E-state index contributed by atoms with van der Waals surface area (Å²) >= 11 is 0. The number of benzene rings is 2. The van der Waals surface area contributed by atoms with Gasteiger partial charge in [-0.3, -0.25) is 4.79 Å². The van der Waals surface area contributed by atoms with E-state index < -0.39 is 5.60 Å². The van der Waals surface area contributed by atoms with Crippen molar-refractivity contribution in [1.29, 1.82) is 0 Å². The van der Waals surface area contributed by atoms with Crippen LogP contribution in [0.3, 0.4) is 0 Å². The van der Waals surface area contributed by atoms with Gasteiger partial charge in [0.2, 0.25) is 0 Å². The van der Waals surface area contributed by atoms with E-state index in [0.29, 0.717) is 18.9 Å². The summed E-state index contributed by atoms with van der Waals surface area (Å²) in [4.78, 5) is 12.9. The second-order valence-corrected chi connectivity index (χ2v) is 8.52. The molecule has 2 atom stereocenters. The highest BCUT2D eigenvalue weighted by molar-refractivity contribution is 5.73. The van der Waals surface area contributed by atoms with Crippen LogP contribution in [-0.2, 0) is 22.6 Å². The normalized spacial score (nSPS) is 17.9. The Labute approximate surface area is 168 Å².